The number of hydrogen-bond acceptors (Lipinski definition) is 4. The molecule has 5 heteroatoms. The van der Waals surface area contributed by atoms with E-state index in [1.54, 1.807) is 0 Å². The number of carbonyl (C=O) groups excluding carboxylic acids is 1. The van der Waals surface area contributed by atoms with Crippen LogP contribution in [0, 0.1) is 0 Å². The molecule has 1 aliphatic rings. The third-order valence-electron chi connectivity index (χ3n) is 5.22. The van der Waals surface area contributed by atoms with Gasteiger partial charge < -0.3 is 15.2 Å². The minimum absolute atomic E-state index is 0.0147. The normalized spacial score (nSPS) is 20.2. The maximum Gasteiger partial charge on any atom is 0.234 e. The zero-order valence-corrected chi connectivity index (χ0v) is 17.4. The minimum atomic E-state index is -0.937. The molecule has 1 saturated heterocycles. The maximum atomic E-state index is 12.6. The van der Waals surface area contributed by atoms with E-state index in [1.165, 1.54) is 5.56 Å². The lowest BCUT2D eigenvalue weighted by atomic mass is 9.93. The van der Waals surface area contributed by atoms with Crippen molar-refractivity contribution in [3.63, 3.8) is 0 Å². The van der Waals surface area contributed by atoms with Crippen molar-refractivity contribution in [1.82, 2.24) is 10.2 Å². The molecule has 0 aliphatic carbocycles. The number of hydrogen-bond donors (Lipinski definition) is 2. The third kappa shape index (κ3) is 6.87. The van der Waals surface area contributed by atoms with Crippen molar-refractivity contribution in [2.75, 3.05) is 26.2 Å². The van der Waals surface area contributed by atoms with Crippen molar-refractivity contribution >= 4 is 5.91 Å². The highest BCUT2D eigenvalue weighted by atomic mass is 16.5. The van der Waals surface area contributed by atoms with Crippen LogP contribution in [0.25, 0.3) is 0 Å². The van der Waals surface area contributed by atoms with Gasteiger partial charge in [0.05, 0.1) is 6.54 Å². The number of likely N-dealkylation sites (tertiary alicyclic amines) is 1. The van der Waals surface area contributed by atoms with Crippen LogP contribution in [-0.2, 0) is 11.2 Å². The Bertz CT molecular complexity index is 779. The Hall–Kier alpha value is -2.37. The summed E-state index contributed by atoms with van der Waals surface area (Å²) in [5.74, 6) is 0.734. The summed E-state index contributed by atoms with van der Waals surface area (Å²) in [6.07, 6.45) is 2.29. The molecule has 3 rings (SSSR count). The second-order valence-electron chi connectivity index (χ2n) is 8.73. The van der Waals surface area contributed by atoms with Gasteiger partial charge in [-0.05, 0) is 57.4 Å². The number of aliphatic hydroxyl groups is 1. The Morgan fingerprint density at radius 2 is 1.79 bits per heavy atom. The molecule has 0 unspecified atom stereocenters. The summed E-state index contributed by atoms with van der Waals surface area (Å²) in [5, 5.41) is 14.1. The second-order valence-corrected chi connectivity index (χ2v) is 8.73. The standard InChI is InChI=1S/C24H32N2O3/c1-23(2,16-20-10-5-3-6-11-20)25-22(27)17-26-15-9-14-24(28,18-26)19-29-21-12-7-4-8-13-21/h3-8,10-13,28H,9,14-19H2,1-2H3,(H,25,27)/t24-/m0/s1. The van der Waals surface area contributed by atoms with Crippen LogP contribution >= 0.6 is 0 Å². The Kier molecular flexibility index (Phi) is 6.93. The van der Waals surface area contributed by atoms with Crippen molar-refractivity contribution in [3.8, 4) is 5.75 Å². The predicted molar refractivity (Wildman–Crippen MR) is 115 cm³/mol. The fraction of sp³-hybridized carbons (Fsp3) is 0.458. The molecule has 0 saturated carbocycles. The van der Waals surface area contributed by atoms with Gasteiger partial charge in [-0.1, -0.05) is 48.5 Å². The average Bonchev–Trinajstić information content (AvgIpc) is 2.67. The molecule has 156 valence electrons. The SMILES string of the molecule is CC(C)(Cc1ccccc1)NC(=O)CN1CCC[C@@](O)(COc2ccccc2)C1. The smallest absolute Gasteiger partial charge is 0.234 e. The zero-order valence-electron chi connectivity index (χ0n) is 17.4. The lowest BCUT2D eigenvalue weighted by Gasteiger charge is -2.39. The highest BCUT2D eigenvalue weighted by Crippen LogP contribution is 2.23. The first kappa shape index (κ1) is 21.3. The zero-order chi connectivity index (χ0) is 20.7. The molecule has 2 N–H and O–H groups in total. The number of nitrogens with zero attached hydrogens (tertiary/aromatic N) is 1. The van der Waals surface area contributed by atoms with Crippen molar-refractivity contribution in [2.45, 2.75) is 44.2 Å². The summed E-state index contributed by atoms with van der Waals surface area (Å²) in [7, 11) is 0. The summed E-state index contributed by atoms with van der Waals surface area (Å²) < 4.78 is 5.77. The van der Waals surface area contributed by atoms with Crippen LogP contribution in [0.2, 0.25) is 0 Å². The van der Waals surface area contributed by atoms with Gasteiger partial charge in [0.15, 0.2) is 0 Å². The van der Waals surface area contributed by atoms with Crippen LogP contribution in [0.3, 0.4) is 0 Å². The number of β-amino-alcohol motifs (C(OH)–C–C–N with tert-alkyl or cyclic N) is 1. The molecule has 1 atom stereocenters. The van der Waals surface area contributed by atoms with Crippen molar-refractivity contribution in [2.24, 2.45) is 0 Å². The monoisotopic (exact) mass is 396 g/mol. The van der Waals surface area contributed by atoms with Gasteiger partial charge in [0, 0.05) is 12.1 Å². The number of para-hydroxylation sites is 1. The molecule has 0 spiro atoms. The number of rotatable bonds is 8. The molecular weight excluding hydrogens is 364 g/mol. The second kappa shape index (κ2) is 9.42. The summed E-state index contributed by atoms with van der Waals surface area (Å²) in [4.78, 5) is 14.7. The van der Waals surface area contributed by atoms with Gasteiger partial charge in [0.2, 0.25) is 5.91 Å². The van der Waals surface area contributed by atoms with Crippen LogP contribution in [0.4, 0.5) is 0 Å². The summed E-state index contributed by atoms with van der Waals surface area (Å²) in [6, 6.07) is 19.7. The van der Waals surface area contributed by atoms with E-state index < -0.39 is 5.60 Å². The molecule has 2 aromatic carbocycles. The van der Waals surface area contributed by atoms with E-state index >= 15 is 0 Å². The van der Waals surface area contributed by atoms with Crippen LogP contribution in [0.1, 0.15) is 32.3 Å². The minimum Gasteiger partial charge on any atom is -0.491 e. The predicted octanol–water partition coefficient (Wildman–Crippen LogP) is 3.03. The number of piperidine rings is 1. The van der Waals surface area contributed by atoms with E-state index in [2.05, 4.69) is 17.4 Å². The van der Waals surface area contributed by atoms with Crippen LogP contribution < -0.4 is 10.1 Å². The van der Waals surface area contributed by atoms with E-state index in [9.17, 15) is 9.90 Å². The van der Waals surface area contributed by atoms with Gasteiger partial charge in [-0.2, -0.15) is 0 Å². The van der Waals surface area contributed by atoms with E-state index in [-0.39, 0.29) is 24.6 Å². The van der Waals surface area contributed by atoms with Gasteiger partial charge in [0.25, 0.3) is 0 Å². The molecule has 1 amide bonds. The van der Waals surface area contributed by atoms with Gasteiger partial charge >= 0.3 is 0 Å². The van der Waals surface area contributed by atoms with Crippen LogP contribution in [-0.4, -0.2) is 53.3 Å². The Morgan fingerprint density at radius 3 is 2.48 bits per heavy atom. The molecule has 29 heavy (non-hydrogen) atoms. The fourth-order valence-electron chi connectivity index (χ4n) is 3.96. The van der Waals surface area contributed by atoms with Crippen molar-refractivity contribution in [1.29, 1.82) is 0 Å². The van der Waals surface area contributed by atoms with Gasteiger partial charge in [-0.15, -0.1) is 0 Å². The topological polar surface area (TPSA) is 61.8 Å². The lowest BCUT2D eigenvalue weighted by molar-refractivity contribution is -0.126. The Labute approximate surface area is 173 Å². The molecule has 0 aromatic heterocycles. The molecule has 2 aromatic rings. The molecular formula is C24H32N2O3. The number of ether oxygens (including phenoxy) is 1. The van der Waals surface area contributed by atoms with Crippen LogP contribution in [0.15, 0.2) is 60.7 Å². The van der Waals surface area contributed by atoms with E-state index in [0.717, 1.165) is 25.1 Å². The first-order valence-corrected chi connectivity index (χ1v) is 10.3. The Balaban J connectivity index is 1.49. The molecule has 0 bridgehead atoms. The first-order valence-electron chi connectivity index (χ1n) is 10.3. The van der Waals surface area contributed by atoms with Gasteiger partial charge in [0.1, 0.15) is 18.0 Å². The van der Waals surface area contributed by atoms with E-state index in [1.807, 2.05) is 67.3 Å². The van der Waals surface area contributed by atoms with Crippen molar-refractivity contribution in [3.05, 3.63) is 66.2 Å². The van der Waals surface area contributed by atoms with E-state index in [0.29, 0.717) is 13.0 Å². The molecule has 1 aliphatic heterocycles. The summed E-state index contributed by atoms with van der Waals surface area (Å²) in [5.41, 5.74) is -0.0716. The fourth-order valence-corrected chi connectivity index (χ4v) is 3.96. The first-order chi connectivity index (χ1) is 13.8. The van der Waals surface area contributed by atoms with Crippen molar-refractivity contribution < 1.29 is 14.6 Å². The van der Waals surface area contributed by atoms with E-state index in [4.69, 9.17) is 4.74 Å². The summed E-state index contributed by atoms with van der Waals surface area (Å²) >= 11 is 0. The number of carbonyl (C=O) groups is 1. The molecule has 1 heterocycles. The Morgan fingerprint density at radius 1 is 1.14 bits per heavy atom. The number of benzene rings is 2. The number of nitrogens with one attached hydrogen (secondary N) is 1. The molecule has 5 nitrogen and oxygen atoms in total. The molecule has 0 radical (unpaired) electrons. The maximum absolute atomic E-state index is 12.6. The molecule has 1 fully saturated rings. The van der Waals surface area contributed by atoms with Gasteiger partial charge in [-0.25, -0.2) is 0 Å². The highest BCUT2D eigenvalue weighted by Gasteiger charge is 2.35. The third-order valence-corrected chi connectivity index (χ3v) is 5.22. The highest BCUT2D eigenvalue weighted by molar-refractivity contribution is 5.78. The number of amides is 1. The largest absolute Gasteiger partial charge is 0.491 e. The van der Waals surface area contributed by atoms with Crippen LogP contribution in [0.5, 0.6) is 5.75 Å². The average molecular weight is 397 g/mol. The lowest BCUT2D eigenvalue weighted by Crippen LogP contribution is -2.55. The summed E-state index contributed by atoms with van der Waals surface area (Å²) in [6.45, 7) is 5.84. The van der Waals surface area contributed by atoms with Gasteiger partial charge in [-0.3, -0.25) is 9.69 Å². The quantitative estimate of drug-likeness (QED) is 0.720.